The first-order valence-electron chi connectivity index (χ1n) is 10.7. The van der Waals surface area contributed by atoms with Crippen LogP contribution < -0.4 is 4.74 Å². The molecule has 1 fully saturated rings. The Bertz CT molecular complexity index is 944. The van der Waals surface area contributed by atoms with Gasteiger partial charge < -0.3 is 14.5 Å². The molecule has 1 aromatic carbocycles. The number of piperidine rings is 1. The highest BCUT2D eigenvalue weighted by Crippen LogP contribution is 2.31. The monoisotopic (exact) mass is 392 g/mol. The molecule has 2 atom stereocenters. The molecule has 0 radical (unpaired) electrons. The number of likely N-dealkylation sites (N-methyl/N-ethyl adjacent to an activating group) is 1. The van der Waals surface area contributed by atoms with E-state index in [1.807, 2.05) is 29.3 Å². The third-order valence-electron chi connectivity index (χ3n) is 6.36. The Morgan fingerprint density at radius 3 is 3.03 bits per heavy atom. The summed E-state index contributed by atoms with van der Waals surface area (Å²) in [4.78, 5) is 27.0. The Hall–Kier alpha value is -2.47. The summed E-state index contributed by atoms with van der Waals surface area (Å²) in [6, 6.07) is 5.85. The molecule has 6 nitrogen and oxygen atoms in total. The molecule has 0 spiro atoms. The van der Waals surface area contributed by atoms with Gasteiger partial charge >= 0.3 is 0 Å². The lowest BCUT2D eigenvalue weighted by Gasteiger charge is -2.33. The van der Waals surface area contributed by atoms with Crippen molar-refractivity contribution in [2.45, 2.75) is 51.2 Å². The molecule has 29 heavy (non-hydrogen) atoms. The maximum absolute atomic E-state index is 13.2. The van der Waals surface area contributed by atoms with E-state index in [9.17, 15) is 4.79 Å². The number of hydrogen-bond acceptors (Lipinski definition) is 5. The first-order valence-corrected chi connectivity index (χ1v) is 10.7. The summed E-state index contributed by atoms with van der Waals surface area (Å²) in [5.74, 6) is 2.15. The van der Waals surface area contributed by atoms with E-state index in [1.54, 1.807) is 0 Å². The minimum atomic E-state index is 0.108. The predicted molar refractivity (Wildman–Crippen MR) is 110 cm³/mol. The quantitative estimate of drug-likeness (QED) is 0.787. The zero-order chi connectivity index (χ0) is 20.0. The van der Waals surface area contributed by atoms with Gasteiger partial charge in [-0.2, -0.15) is 0 Å². The van der Waals surface area contributed by atoms with Gasteiger partial charge in [-0.15, -0.1) is 0 Å². The van der Waals surface area contributed by atoms with Crippen molar-refractivity contribution >= 4 is 5.91 Å². The lowest BCUT2D eigenvalue weighted by atomic mass is 9.95. The maximum atomic E-state index is 13.2. The molecule has 0 N–H and O–H groups in total. The fraction of sp³-hybridized carbons (Fsp3) is 0.522. The second-order valence-electron chi connectivity index (χ2n) is 8.73. The van der Waals surface area contributed by atoms with Crippen molar-refractivity contribution in [3.05, 3.63) is 52.6 Å². The number of fused-ring (bicyclic) bond motifs is 2. The average molecular weight is 393 g/mol. The summed E-state index contributed by atoms with van der Waals surface area (Å²) in [6.45, 7) is 5.52. The number of carbonyl (C=O) groups is 1. The highest BCUT2D eigenvalue weighted by Gasteiger charge is 2.29. The van der Waals surface area contributed by atoms with Crippen LogP contribution in [0.15, 0.2) is 24.4 Å². The van der Waals surface area contributed by atoms with Crippen LogP contribution in [-0.2, 0) is 19.4 Å². The second-order valence-corrected chi connectivity index (χ2v) is 8.73. The van der Waals surface area contributed by atoms with Gasteiger partial charge in [-0.3, -0.25) is 4.79 Å². The molecule has 152 valence electrons. The van der Waals surface area contributed by atoms with Gasteiger partial charge in [0.25, 0.3) is 5.91 Å². The number of rotatable bonds is 2. The van der Waals surface area contributed by atoms with Crippen LogP contribution in [0.5, 0.6) is 5.75 Å². The molecule has 0 aliphatic carbocycles. The van der Waals surface area contributed by atoms with E-state index in [0.29, 0.717) is 6.54 Å². The summed E-state index contributed by atoms with van der Waals surface area (Å²) in [7, 11) is 2.13. The van der Waals surface area contributed by atoms with E-state index < -0.39 is 0 Å². The zero-order valence-corrected chi connectivity index (χ0v) is 17.2. The zero-order valence-electron chi connectivity index (χ0n) is 17.2. The molecule has 1 saturated heterocycles. The molecule has 0 saturated carbocycles. The van der Waals surface area contributed by atoms with Crippen LogP contribution in [0.3, 0.4) is 0 Å². The van der Waals surface area contributed by atoms with Crippen molar-refractivity contribution in [2.75, 3.05) is 26.7 Å². The molecular formula is C23H28N4O2. The number of ether oxygens (including phenoxy) is 1. The summed E-state index contributed by atoms with van der Waals surface area (Å²) in [6.07, 6.45) is 6.07. The van der Waals surface area contributed by atoms with Crippen molar-refractivity contribution in [3.63, 3.8) is 0 Å². The summed E-state index contributed by atoms with van der Waals surface area (Å²) in [5, 5.41) is 0. The lowest BCUT2D eigenvalue weighted by Crippen LogP contribution is -2.39. The molecular weight excluding hydrogens is 364 g/mol. The molecule has 1 amide bonds. The first-order chi connectivity index (χ1) is 14.1. The first kappa shape index (κ1) is 18.6. The van der Waals surface area contributed by atoms with E-state index in [2.05, 4.69) is 23.9 Å². The number of aromatic nitrogens is 2. The standard InChI is InChI=1S/C23H28N4O2/c1-15-10-18-11-16(5-6-21(18)29-15)23(28)27-8-3-4-17(14-27)22-24-12-19-13-26(2)9-7-20(19)25-22/h5-6,11-12,15,17H,3-4,7-10,13-14H2,1-2H3/t15-,17+/m1/s1. The largest absolute Gasteiger partial charge is 0.490 e. The van der Waals surface area contributed by atoms with E-state index >= 15 is 0 Å². The van der Waals surface area contributed by atoms with Crippen molar-refractivity contribution < 1.29 is 9.53 Å². The highest BCUT2D eigenvalue weighted by atomic mass is 16.5. The van der Waals surface area contributed by atoms with Crippen LogP contribution in [0.4, 0.5) is 0 Å². The summed E-state index contributed by atoms with van der Waals surface area (Å²) >= 11 is 0. The Morgan fingerprint density at radius 2 is 2.14 bits per heavy atom. The molecule has 6 heteroatoms. The Kier molecular flexibility index (Phi) is 4.74. The molecule has 4 heterocycles. The van der Waals surface area contributed by atoms with Gasteiger partial charge in [0.05, 0.1) is 0 Å². The van der Waals surface area contributed by atoms with E-state index in [0.717, 1.165) is 68.0 Å². The van der Waals surface area contributed by atoms with Gasteiger partial charge in [0.15, 0.2) is 0 Å². The van der Waals surface area contributed by atoms with Crippen molar-refractivity contribution in [2.24, 2.45) is 0 Å². The van der Waals surface area contributed by atoms with Gasteiger partial charge in [0, 0.05) is 68.0 Å². The van der Waals surface area contributed by atoms with Gasteiger partial charge in [0.1, 0.15) is 17.7 Å². The summed E-state index contributed by atoms with van der Waals surface area (Å²) in [5.41, 5.74) is 4.32. The minimum absolute atomic E-state index is 0.108. The number of hydrogen-bond donors (Lipinski definition) is 0. The second kappa shape index (κ2) is 7.41. The molecule has 3 aliphatic rings. The van der Waals surface area contributed by atoms with Crippen LogP contribution in [0.2, 0.25) is 0 Å². The third-order valence-corrected chi connectivity index (χ3v) is 6.36. The van der Waals surface area contributed by atoms with Crippen LogP contribution >= 0.6 is 0 Å². The number of benzene rings is 1. The average Bonchev–Trinajstić information content (AvgIpc) is 3.12. The minimum Gasteiger partial charge on any atom is -0.490 e. The van der Waals surface area contributed by atoms with Gasteiger partial charge in [-0.1, -0.05) is 0 Å². The topological polar surface area (TPSA) is 58.6 Å². The molecule has 1 aromatic heterocycles. The number of likely N-dealkylation sites (tertiary alicyclic amines) is 1. The van der Waals surface area contributed by atoms with E-state index in [-0.39, 0.29) is 17.9 Å². The van der Waals surface area contributed by atoms with Crippen LogP contribution in [-0.4, -0.2) is 58.5 Å². The molecule has 5 rings (SSSR count). The number of amides is 1. The molecule has 2 aromatic rings. The number of carbonyl (C=O) groups excluding carboxylic acids is 1. The van der Waals surface area contributed by atoms with Crippen molar-refractivity contribution in [3.8, 4) is 5.75 Å². The van der Waals surface area contributed by atoms with Crippen LogP contribution in [0, 0.1) is 0 Å². The molecule has 3 aliphatic heterocycles. The lowest BCUT2D eigenvalue weighted by molar-refractivity contribution is 0.0704. The van der Waals surface area contributed by atoms with Crippen molar-refractivity contribution in [1.29, 1.82) is 0 Å². The predicted octanol–water partition coefficient (Wildman–Crippen LogP) is 2.81. The van der Waals surface area contributed by atoms with E-state index in [1.165, 1.54) is 11.3 Å². The smallest absolute Gasteiger partial charge is 0.253 e. The normalized spacial score (nSPS) is 24.0. The fourth-order valence-electron chi connectivity index (χ4n) is 4.78. The van der Waals surface area contributed by atoms with E-state index in [4.69, 9.17) is 9.72 Å². The van der Waals surface area contributed by atoms with Gasteiger partial charge in [-0.25, -0.2) is 9.97 Å². The van der Waals surface area contributed by atoms with Crippen LogP contribution in [0.25, 0.3) is 0 Å². The van der Waals surface area contributed by atoms with Crippen molar-refractivity contribution in [1.82, 2.24) is 19.8 Å². The summed E-state index contributed by atoms with van der Waals surface area (Å²) < 4.78 is 5.77. The van der Waals surface area contributed by atoms with Crippen LogP contribution in [0.1, 0.15) is 58.7 Å². The highest BCUT2D eigenvalue weighted by molar-refractivity contribution is 5.94. The molecule has 0 unspecified atom stereocenters. The van der Waals surface area contributed by atoms with Gasteiger partial charge in [-0.05, 0) is 50.6 Å². The fourth-order valence-corrected chi connectivity index (χ4v) is 4.78. The Morgan fingerprint density at radius 1 is 1.24 bits per heavy atom. The maximum Gasteiger partial charge on any atom is 0.253 e. The van der Waals surface area contributed by atoms with Gasteiger partial charge in [0.2, 0.25) is 0 Å². The Balaban J connectivity index is 1.32. The SMILES string of the molecule is C[C@@H]1Cc2cc(C(=O)N3CCC[C@H](c4ncc5c(n4)CCN(C)C5)C3)ccc2O1. The number of nitrogens with zero attached hydrogens (tertiary/aromatic N) is 4. The molecule has 0 bridgehead atoms. The third kappa shape index (κ3) is 3.62. The Labute approximate surface area is 171 Å².